The quantitative estimate of drug-likeness (QED) is 0.681. The topological polar surface area (TPSA) is 49.8 Å². The van der Waals surface area contributed by atoms with Crippen LogP contribution in [-0.4, -0.2) is 0 Å². The zero-order valence-electron chi connectivity index (χ0n) is 10.5. The van der Waals surface area contributed by atoms with Crippen molar-refractivity contribution in [1.82, 2.24) is 0 Å². The van der Waals surface area contributed by atoms with Crippen molar-refractivity contribution in [2.24, 2.45) is 0 Å². The van der Waals surface area contributed by atoms with Crippen LogP contribution in [0.1, 0.15) is 16.7 Å². The average Bonchev–Trinajstić information content (AvgIpc) is 2.39. The number of nitriles is 1. The first-order valence-electron chi connectivity index (χ1n) is 5.78. The van der Waals surface area contributed by atoms with Gasteiger partial charge in [-0.3, -0.25) is 0 Å². The number of nitrogens with zero attached hydrogens (tertiary/aromatic N) is 1. The zero-order valence-corrected chi connectivity index (χ0v) is 11.3. The van der Waals surface area contributed by atoms with E-state index in [1.54, 1.807) is 12.1 Å². The van der Waals surface area contributed by atoms with Crippen LogP contribution in [0.4, 0.5) is 10.1 Å². The van der Waals surface area contributed by atoms with Crippen LogP contribution in [0.3, 0.4) is 0 Å². The Kier molecular flexibility index (Phi) is 4.08. The number of hydrogen-bond acceptors (Lipinski definition) is 3. The molecule has 0 aromatic heterocycles. The first-order valence-corrected chi connectivity index (χ1v) is 6.77. The van der Waals surface area contributed by atoms with Crippen molar-refractivity contribution in [3.8, 4) is 6.07 Å². The highest BCUT2D eigenvalue weighted by atomic mass is 32.2. The van der Waals surface area contributed by atoms with Crippen molar-refractivity contribution in [3.05, 3.63) is 58.9 Å². The minimum Gasteiger partial charge on any atom is -0.398 e. The van der Waals surface area contributed by atoms with Crippen LogP contribution in [0.2, 0.25) is 0 Å². The van der Waals surface area contributed by atoms with Gasteiger partial charge in [0.1, 0.15) is 11.9 Å². The van der Waals surface area contributed by atoms with Gasteiger partial charge in [0.15, 0.2) is 0 Å². The molecule has 96 valence electrons. The Morgan fingerprint density at radius 3 is 2.79 bits per heavy atom. The van der Waals surface area contributed by atoms with E-state index in [-0.39, 0.29) is 5.56 Å². The van der Waals surface area contributed by atoms with Gasteiger partial charge in [0.25, 0.3) is 0 Å². The van der Waals surface area contributed by atoms with Gasteiger partial charge in [-0.25, -0.2) is 4.39 Å². The summed E-state index contributed by atoms with van der Waals surface area (Å²) >= 11 is 1.47. The molecule has 4 heteroatoms. The van der Waals surface area contributed by atoms with Gasteiger partial charge < -0.3 is 5.73 Å². The number of nitrogens with two attached hydrogens (primary N) is 1. The first-order chi connectivity index (χ1) is 9.11. The van der Waals surface area contributed by atoms with Crippen LogP contribution in [0.5, 0.6) is 0 Å². The van der Waals surface area contributed by atoms with Gasteiger partial charge in [0.05, 0.1) is 5.56 Å². The summed E-state index contributed by atoms with van der Waals surface area (Å²) in [7, 11) is 0. The lowest BCUT2D eigenvalue weighted by molar-refractivity contribution is 0.613. The Morgan fingerprint density at radius 2 is 2.11 bits per heavy atom. The van der Waals surface area contributed by atoms with Gasteiger partial charge in [-0.15, -0.1) is 11.8 Å². The third-order valence-corrected chi connectivity index (χ3v) is 3.89. The van der Waals surface area contributed by atoms with Crippen LogP contribution in [0, 0.1) is 24.1 Å². The first kappa shape index (κ1) is 13.4. The summed E-state index contributed by atoms with van der Waals surface area (Å²) in [5, 5.41) is 8.79. The van der Waals surface area contributed by atoms with Gasteiger partial charge >= 0.3 is 0 Å². The maximum Gasteiger partial charge on any atom is 0.144 e. The van der Waals surface area contributed by atoms with Gasteiger partial charge in [-0.1, -0.05) is 18.2 Å². The molecule has 0 atom stereocenters. The maximum atomic E-state index is 13.9. The summed E-state index contributed by atoms with van der Waals surface area (Å²) in [6.45, 7) is 1.97. The number of nitrogen functional groups attached to an aromatic ring is 1. The van der Waals surface area contributed by atoms with E-state index in [1.807, 2.05) is 31.2 Å². The lowest BCUT2D eigenvalue weighted by Gasteiger charge is -2.07. The summed E-state index contributed by atoms with van der Waals surface area (Å²) in [5.41, 5.74) is 8.30. The van der Waals surface area contributed by atoms with Crippen molar-refractivity contribution in [2.75, 3.05) is 5.73 Å². The fourth-order valence-corrected chi connectivity index (χ4v) is 2.66. The van der Waals surface area contributed by atoms with Crippen LogP contribution in [-0.2, 0) is 5.75 Å². The highest BCUT2D eigenvalue weighted by Gasteiger charge is 2.08. The van der Waals surface area contributed by atoms with Crippen molar-refractivity contribution < 1.29 is 4.39 Å². The molecule has 2 aromatic rings. The summed E-state index contributed by atoms with van der Waals surface area (Å²) in [5.74, 6) is 0.0115. The van der Waals surface area contributed by atoms with Gasteiger partial charge in [-0.2, -0.15) is 5.26 Å². The van der Waals surface area contributed by atoms with Crippen LogP contribution >= 0.6 is 11.8 Å². The number of aryl methyl sites for hydroxylation is 1. The highest BCUT2D eigenvalue weighted by molar-refractivity contribution is 7.98. The monoisotopic (exact) mass is 272 g/mol. The van der Waals surface area contributed by atoms with Crippen LogP contribution in [0.15, 0.2) is 41.3 Å². The molecule has 2 aromatic carbocycles. The van der Waals surface area contributed by atoms with Crippen molar-refractivity contribution in [1.29, 1.82) is 5.26 Å². The Labute approximate surface area is 116 Å². The summed E-state index contributed by atoms with van der Waals surface area (Å²) < 4.78 is 13.9. The lowest BCUT2D eigenvalue weighted by Crippen LogP contribution is -1.93. The van der Waals surface area contributed by atoms with Gasteiger partial charge in [0, 0.05) is 16.3 Å². The van der Waals surface area contributed by atoms with Crippen molar-refractivity contribution in [2.45, 2.75) is 17.6 Å². The van der Waals surface area contributed by atoms with Crippen molar-refractivity contribution >= 4 is 17.4 Å². The molecule has 0 saturated carbocycles. The number of thioether (sulfide) groups is 1. The smallest absolute Gasteiger partial charge is 0.144 e. The number of rotatable bonds is 3. The fourth-order valence-electron chi connectivity index (χ4n) is 1.73. The minimum atomic E-state index is -0.441. The summed E-state index contributed by atoms with van der Waals surface area (Å²) in [6, 6.07) is 12.5. The van der Waals surface area contributed by atoms with E-state index in [0.29, 0.717) is 17.0 Å². The van der Waals surface area contributed by atoms with E-state index in [1.165, 1.54) is 17.8 Å². The summed E-state index contributed by atoms with van der Waals surface area (Å²) in [4.78, 5) is 0.923. The molecule has 2 rings (SSSR count). The lowest BCUT2D eigenvalue weighted by atomic mass is 10.1. The number of anilines is 1. The van der Waals surface area contributed by atoms with E-state index < -0.39 is 5.82 Å². The fraction of sp³-hybridized carbons (Fsp3) is 0.133. The van der Waals surface area contributed by atoms with E-state index in [0.717, 1.165) is 10.5 Å². The molecular formula is C15H13FN2S. The Morgan fingerprint density at radius 1 is 1.32 bits per heavy atom. The van der Waals surface area contributed by atoms with Crippen molar-refractivity contribution in [3.63, 3.8) is 0 Å². The molecular weight excluding hydrogens is 259 g/mol. The van der Waals surface area contributed by atoms with E-state index in [9.17, 15) is 4.39 Å². The third kappa shape index (κ3) is 3.07. The molecule has 2 N–H and O–H groups in total. The molecule has 0 fully saturated rings. The van der Waals surface area contributed by atoms with Gasteiger partial charge in [0.2, 0.25) is 0 Å². The van der Waals surface area contributed by atoms with Gasteiger partial charge in [-0.05, 0) is 36.2 Å². The average molecular weight is 272 g/mol. The minimum absolute atomic E-state index is 0.0787. The molecule has 19 heavy (non-hydrogen) atoms. The Balaban J connectivity index is 2.17. The summed E-state index contributed by atoms with van der Waals surface area (Å²) in [6.07, 6.45) is 0. The highest BCUT2D eigenvalue weighted by Crippen LogP contribution is 2.29. The molecule has 0 aliphatic rings. The SMILES string of the molecule is Cc1ccc(SCc2cccc(C#N)c2F)c(N)c1. The van der Waals surface area contributed by atoms with E-state index in [2.05, 4.69) is 0 Å². The largest absolute Gasteiger partial charge is 0.398 e. The molecule has 0 unspecified atom stereocenters. The second-order valence-electron chi connectivity index (χ2n) is 4.22. The normalized spacial score (nSPS) is 10.2. The molecule has 0 aliphatic carbocycles. The molecule has 0 aliphatic heterocycles. The van der Waals surface area contributed by atoms with Crippen LogP contribution < -0.4 is 5.73 Å². The second kappa shape index (κ2) is 5.77. The number of hydrogen-bond donors (Lipinski definition) is 1. The number of halogens is 1. The molecule has 2 nitrogen and oxygen atoms in total. The molecule has 0 heterocycles. The van der Waals surface area contributed by atoms with E-state index in [4.69, 9.17) is 11.0 Å². The Bertz CT molecular complexity index is 647. The number of benzene rings is 2. The molecule has 0 radical (unpaired) electrons. The third-order valence-electron chi connectivity index (χ3n) is 2.75. The zero-order chi connectivity index (χ0) is 13.8. The predicted molar refractivity (Wildman–Crippen MR) is 76.3 cm³/mol. The second-order valence-corrected chi connectivity index (χ2v) is 5.24. The predicted octanol–water partition coefficient (Wildman–Crippen LogP) is 3.88. The molecule has 0 bridgehead atoms. The van der Waals surface area contributed by atoms with E-state index >= 15 is 0 Å². The molecule has 0 amide bonds. The maximum absolute atomic E-state index is 13.9. The standard InChI is InChI=1S/C15H13FN2S/c1-10-5-6-14(13(18)7-10)19-9-12-4-2-3-11(8-17)15(12)16/h2-7H,9,18H2,1H3. The van der Waals surface area contributed by atoms with Crippen LogP contribution in [0.25, 0.3) is 0 Å². The Hall–Kier alpha value is -1.99. The molecule has 0 saturated heterocycles. The molecule has 0 spiro atoms.